The van der Waals surface area contributed by atoms with Gasteiger partial charge in [0, 0.05) is 23.9 Å². The van der Waals surface area contributed by atoms with E-state index in [1.165, 1.54) is 0 Å². The highest BCUT2D eigenvalue weighted by atomic mass is 19.1. The molecule has 0 aliphatic heterocycles. The van der Waals surface area contributed by atoms with Crippen molar-refractivity contribution in [2.45, 2.75) is 6.54 Å². The SMILES string of the molecule is NCc1cccc(-c2ccn[nH]2)c1F. The summed E-state index contributed by atoms with van der Waals surface area (Å²) in [6.45, 7) is 0.202. The second kappa shape index (κ2) is 3.59. The molecular formula is C10H10FN3. The van der Waals surface area contributed by atoms with E-state index in [9.17, 15) is 4.39 Å². The summed E-state index contributed by atoms with van der Waals surface area (Å²) in [4.78, 5) is 0. The highest BCUT2D eigenvalue weighted by molar-refractivity contribution is 5.60. The molecule has 3 nitrogen and oxygen atoms in total. The van der Waals surface area contributed by atoms with Crippen LogP contribution >= 0.6 is 0 Å². The Hall–Kier alpha value is -1.68. The van der Waals surface area contributed by atoms with Crippen molar-refractivity contribution in [1.82, 2.24) is 10.2 Å². The van der Waals surface area contributed by atoms with Crippen LogP contribution in [0.3, 0.4) is 0 Å². The van der Waals surface area contributed by atoms with Crippen LogP contribution in [0, 0.1) is 5.82 Å². The van der Waals surface area contributed by atoms with Crippen LogP contribution in [0.15, 0.2) is 30.5 Å². The summed E-state index contributed by atoms with van der Waals surface area (Å²) in [5.74, 6) is -0.278. The molecule has 0 saturated heterocycles. The molecular weight excluding hydrogens is 181 g/mol. The van der Waals surface area contributed by atoms with Crippen molar-refractivity contribution in [2.75, 3.05) is 0 Å². The van der Waals surface area contributed by atoms with Crippen LogP contribution < -0.4 is 5.73 Å². The molecule has 0 atom stereocenters. The largest absolute Gasteiger partial charge is 0.326 e. The van der Waals surface area contributed by atoms with Gasteiger partial charge in [-0.3, -0.25) is 5.10 Å². The summed E-state index contributed by atoms with van der Waals surface area (Å²) in [5, 5.41) is 6.49. The lowest BCUT2D eigenvalue weighted by atomic mass is 10.1. The molecule has 72 valence electrons. The zero-order chi connectivity index (χ0) is 9.97. The molecule has 0 radical (unpaired) electrons. The molecule has 1 heterocycles. The van der Waals surface area contributed by atoms with E-state index in [1.807, 2.05) is 0 Å². The van der Waals surface area contributed by atoms with Crippen molar-refractivity contribution in [3.05, 3.63) is 41.8 Å². The fraction of sp³-hybridized carbons (Fsp3) is 0.100. The molecule has 0 aliphatic rings. The zero-order valence-electron chi connectivity index (χ0n) is 7.50. The molecule has 0 saturated carbocycles. The highest BCUT2D eigenvalue weighted by Gasteiger charge is 2.08. The number of rotatable bonds is 2. The molecule has 3 N–H and O–H groups in total. The minimum absolute atomic E-state index is 0.202. The number of H-pyrrole nitrogens is 1. The molecule has 0 unspecified atom stereocenters. The predicted octanol–water partition coefficient (Wildman–Crippen LogP) is 1.67. The minimum atomic E-state index is -0.278. The normalized spacial score (nSPS) is 10.4. The van der Waals surface area contributed by atoms with Gasteiger partial charge >= 0.3 is 0 Å². The number of halogens is 1. The third-order valence-corrected chi connectivity index (χ3v) is 2.09. The third kappa shape index (κ3) is 1.40. The smallest absolute Gasteiger partial charge is 0.137 e. The van der Waals surface area contributed by atoms with E-state index in [0.29, 0.717) is 16.8 Å². The average Bonchev–Trinajstić information content (AvgIpc) is 2.71. The molecule has 4 heteroatoms. The van der Waals surface area contributed by atoms with Crippen LogP contribution in [-0.4, -0.2) is 10.2 Å². The zero-order valence-corrected chi connectivity index (χ0v) is 7.50. The highest BCUT2D eigenvalue weighted by Crippen LogP contribution is 2.22. The molecule has 0 bridgehead atoms. The standard InChI is InChI=1S/C10H10FN3/c11-10-7(6-12)2-1-3-8(10)9-4-5-13-14-9/h1-5H,6,12H2,(H,13,14). The number of hydrogen-bond donors (Lipinski definition) is 2. The Labute approximate surface area is 80.8 Å². The average molecular weight is 191 g/mol. The lowest BCUT2D eigenvalue weighted by molar-refractivity contribution is 0.613. The van der Waals surface area contributed by atoms with Crippen molar-refractivity contribution >= 4 is 0 Å². The maximum Gasteiger partial charge on any atom is 0.137 e. The Morgan fingerprint density at radius 3 is 2.86 bits per heavy atom. The molecule has 2 rings (SSSR count). The summed E-state index contributed by atoms with van der Waals surface area (Å²) < 4.78 is 13.7. The summed E-state index contributed by atoms with van der Waals surface area (Å²) >= 11 is 0. The first-order valence-corrected chi connectivity index (χ1v) is 4.30. The maximum atomic E-state index is 13.7. The molecule has 0 amide bonds. The lowest BCUT2D eigenvalue weighted by Gasteiger charge is -2.04. The van der Waals surface area contributed by atoms with Crippen LogP contribution in [-0.2, 0) is 6.54 Å². The maximum absolute atomic E-state index is 13.7. The van der Waals surface area contributed by atoms with E-state index in [0.717, 1.165) is 0 Å². The van der Waals surface area contributed by atoms with Gasteiger partial charge in [0.15, 0.2) is 0 Å². The number of aromatic nitrogens is 2. The van der Waals surface area contributed by atoms with Gasteiger partial charge in [0.1, 0.15) is 5.82 Å². The molecule has 14 heavy (non-hydrogen) atoms. The van der Waals surface area contributed by atoms with Gasteiger partial charge in [0.2, 0.25) is 0 Å². The quantitative estimate of drug-likeness (QED) is 0.758. The van der Waals surface area contributed by atoms with Gasteiger partial charge in [-0.2, -0.15) is 5.10 Å². The number of aromatic amines is 1. The van der Waals surface area contributed by atoms with Gasteiger partial charge in [-0.05, 0) is 12.1 Å². The van der Waals surface area contributed by atoms with Gasteiger partial charge in [0.05, 0.1) is 5.69 Å². The number of nitrogens with one attached hydrogen (secondary N) is 1. The van der Waals surface area contributed by atoms with E-state index in [1.54, 1.807) is 30.5 Å². The van der Waals surface area contributed by atoms with Crippen molar-refractivity contribution in [3.8, 4) is 11.3 Å². The molecule has 0 fully saturated rings. The third-order valence-electron chi connectivity index (χ3n) is 2.09. The molecule has 0 spiro atoms. The van der Waals surface area contributed by atoms with Gasteiger partial charge in [-0.15, -0.1) is 0 Å². The first-order valence-electron chi connectivity index (χ1n) is 4.30. The van der Waals surface area contributed by atoms with Gasteiger partial charge < -0.3 is 5.73 Å². The summed E-state index contributed by atoms with van der Waals surface area (Å²) in [7, 11) is 0. The topological polar surface area (TPSA) is 54.7 Å². The van der Waals surface area contributed by atoms with Crippen LogP contribution in [0.4, 0.5) is 4.39 Å². The second-order valence-corrected chi connectivity index (χ2v) is 2.95. The van der Waals surface area contributed by atoms with Crippen molar-refractivity contribution in [2.24, 2.45) is 5.73 Å². The summed E-state index contributed by atoms with van der Waals surface area (Å²) in [6, 6.07) is 6.87. The number of nitrogens with two attached hydrogens (primary N) is 1. The number of benzene rings is 1. The van der Waals surface area contributed by atoms with Crippen LogP contribution in [0.5, 0.6) is 0 Å². The second-order valence-electron chi connectivity index (χ2n) is 2.95. The van der Waals surface area contributed by atoms with Crippen LogP contribution in [0.1, 0.15) is 5.56 Å². The summed E-state index contributed by atoms with van der Waals surface area (Å²) in [5.41, 5.74) is 7.09. The Bertz CT molecular complexity index is 423. The molecule has 2 aromatic rings. The molecule has 1 aromatic carbocycles. The summed E-state index contributed by atoms with van der Waals surface area (Å²) in [6.07, 6.45) is 1.59. The fourth-order valence-electron chi connectivity index (χ4n) is 1.35. The van der Waals surface area contributed by atoms with E-state index in [2.05, 4.69) is 10.2 Å². The fourth-order valence-corrected chi connectivity index (χ4v) is 1.35. The van der Waals surface area contributed by atoms with Gasteiger partial charge in [-0.1, -0.05) is 12.1 Å². The lowest BCUT2D eigenvalue weighted by Crippen LogP contribution is -2.00. The Balaban J connectivity index is 2.54. The van der Waals surface area contributed by atoms with E-state index < -0.39 is 0 Å². The predicted molar refractivity (Wildman–Crippen MR) is 51.9 cm³/mol. The minimum Gasteiger partial charge on any atom is -0.326 e. The number of hydrogen-bond acceptors (Lipinski definition) is 2. The Kier molecular flexibility index (Phi) is 2.28. The van der Waals surface area contributed by atoms with Crippen molar-refractivity contribution < 1.29 is 4.39 Å². The van der Waals surface area contributed by atoms with E-state index >= 15 is 0 Å². The van der Waals surface area contributed by atoms with Gasteiger partial charge in [-0.25, -0.2) is 4.39 Å². The first-order chi connectivity index (χ1) is 6.83. The van der Waals surface area contributed by atoms with Crippen molar-refractivity contribution in [3.63, 3.8) is 0 Å². The Morgan fingerprint density at radius 2 is 2.21 bits per heavy atom. The van der Waals surface area contributed by atoms with E-state index in [4.69, 9.17) is 5.73 Å². The molecule has 1 aromatic heterocycles. The monoisotopic (exact) mass is 191 g/mol. The van der Waals surface area contributed by atoms with Gasteiger partial charge in [0.25, 0.3) is 0 Å². The van der Waals surface area contributed by atoms with E-state index in [-0.39, 0.29) is 12.4 Å². The molecule has 0 aliphatic carbocycles. The van der Waals surface area contributed by atoms with Crippen LogP contribution in [0.2, 0.25) is 0 Å². The number of nitrogens with zero attached hydrogens (tertiary/aromatic N) is 1. The Morgan fingerprint density at radius 1 is 1.36 bits per heavy atom. The van der Waals surface area contributed by atoms with Crippen molar-refractivity contribution in [1.29, 1.82) is 0 Å². The first kappa shape index (κ1) is 8.90. The van der Waals surface area contributed by atoms with Crippen LogP contribution in [0.25, 0.3) is 11.3 Å².